The summed E-state index contributed by atoms with van der Waals surface area (Å²) in [7, 11) is 0. The number of phenolic OH excluding ortho intramolecular Hbond substituents is 1. The Morgan fingerprint density at radius 3 is 2.84 bits per heavy atom. The number of benzene rings is 1. The second-order valence-corrected chi connectivity index (χ2v) is 4.49. The van der Waals surface area contributed by atoms with Gasteiger partial charge in [0.2, 0.25) is 0 Å². The number of nitrogens with zero attached hydrogens (tertiary/aromatic N) is 1. The van der Waals surface area contributed by atoms with Crippen LogP contribution >= 0.6 is 0 Å². The highest BCUT2D eigenvalue weighted by atomic mass is 16.5. The number of morpholine rings is 1. The molecule has 0 radical (unpaired) electrons. The summed E-state index contributed by atoms with van der Waals surface area (Å²) in [6.45, 7) is 4.60. The second-order valence-electron chi connectivity index (χ2n) is 4.49. The molecule has 0 bridgehead atoms. The van der Waals surface area contributed by atoms with Crippen molar-refractivity contribution < 1.29 is 14.6 Å². The average molecular weight is 265 g/mol. The first-order valence-corrected chi connectivity index (χ1v) is 6.33. The minimum atomic E-state index is -0.286. The lowest BCUT2D eigenvalue weighted by Crippen LogP contribution is -2.41. The number of carbonyl (C=O) groups excluding carboxylic acids is 1. The van der Waals surface area contributed by atoms with Gasteiger partial charge in [-0.05, 0) is 12.1 Å². The molecule has 0 atom stereocenters. The van der Waals surface area contributed by atoms with E-state index in [9.17, 15) is 9.90 Å². The molecule has 4 N–H and O–H groups in total. The molecule has 104 valence electrons. The molecule has 0 saturated carbocycles. The van der Waals surface area contributed by atoms with Gasteiger partial charge >= 0.3 is 0 Å². The van der Waals surface area contributed by atoms with E-state index in [-0.39, 0.29) is 17.2 Å². The molecule has 0 unspecified atom stereocenters. The van der Waals surface area contributed by atoms with Crippen LogP contribution in [-0.4, -0.2) is 55.3 Å². The summed E-state index contributed by atoms with van der Waals surface area (Å²) in [6, 6.07) is 4.49. The van der Waals surface area contributed by atoms with Gasteiger partial charge in [0, 0.05) is 37.9 Å². The average Bonchev–Trinajstić information content (AvgIpc) is 2.39. The first-order valence-electron chi connectivity index (χ1n) is 6.33. The fraction of sp³-hybridized carbons (Fsp3) is 0.462. The van der Waals surface area contributed by atoms with Gasteiger partial charge in [-0.15, -0.1) is 0 Å². The van der Waals surface area contributed by atoms with Crippen molar-refractivity contribution in [2.24, 2.45) is 0 Å². The number of ether oxygens (including phenoxy) is 1. The molecule has 1 aromatic carbocycles. The van der Waals surface area contributed by atoms with E-state index in [0.717, 1.165) is 32.8 Å². The molecule has 2 rings (SSSR count). The number of anilines is 1. The van der Waals surface area contributed by atoms with Crippen molar-refractivity contribution in [3.8, 4) is 5.75 Å². The molecule has 1 aliphatic heterocycles. The van der Waals surface area contributed by atoms with E-state index in [4.69, 9.17) is 10.5 Å². The van der Waals surface area contributed by atoms with Gasteiger partial charge in [0.05, 0.1) is 18.8 Å². The van der Waals surface area contributed by atoms with E-state index in [2.05, 4.69) is 10.2 Å². The molecule has 0 aromatic heterocycles. The van der Waals surface area contributed by atoms with Crippen LogP contribution in [0.3, 0.4) is 0 Å². The van der Waals surface area contributed by atoms with Crippen LogP contribution in [0.25, 0.3) is 0 Å². The normalized spacial score (nSPS) is 16.2. The number of nitrogens with two attached hydrogens (primary N) is 1. The maximum atomic E-state index is 11.9. The van der Waals surface area contributed by atoms with Gasteiger partial charge < -0.3 is 20.9 Å². The van der Waals surface area contributed by atoms with Crippen LogP contribution in [0.2, 0.25) is 0 Å². The molecule has 6 nitrogen and oxygen atoms in total. The van der Waals surface area contributed by atoms with E-state index >= 15 is 0 Å². The van der Waals surface area contributed by atoms with Crippen LogP contribution in [0.15, 0.2) is 18.2 Å². The van der Waals surface area contributed by atoms with E-state index in [1.54, 1.807) is 6.07 Å². The quantitative estimate of drug-likeness (QED) is 0.669. The van der Waals surface area contributed by atoms with E-state index < -0.39 is 0 Å². The van der Waals surface area contributed by atoms with Crippen LogP contribution in [0, 0.1) is 0 Å². The standard InChI is InChI=1S/C13H19N3O3/c14-10-1-2-11(12(17)9-10)13(18)15-3-4-16-5-7-19-8-6-16/h1-2,9,17H,3-8,14H2,(H,15,18). The number of rotatable bonds is 4. The smallest absolute Gasteiger partial charge is 0.255 e. The van der Waals surface area contributed by atoms with Crippen LogP contribution in [0.5, 0.6) is 5.75 Å². The number of phenols is 1. The van der Waals surface area contributed by atoms with E-state index in [1.165, 1.54) is 12.1 Å². The highest BCUT2D eigenvalue weighted by molar-refractivity contribution is 5.97. The van der Waals surface area contributed by atoms with E-state index in [0.29, 0.717) is 12.2 Å². The van der Waals surface area contributed by atoms with Crippen molar-refractivity contribution in [1.29, 1.82) is 0 Å². The number of nitrogen functional groups attached to an aromatic ring is 1. The molecule has 0 aliphatic carbocycles. The number of carbonyl (C=O) groups is 1. The number of amides is 1. The first kappa shape index (κ1) is 13.6. The van der Waals surface area contributed by atoms with Gasteiger partial charge in [-0.3, -0.25) is 9.69 Å². The molecule has 1 aromatic rings. The third-order valence-electron chi connectivity index (χ3n) is 3.08. The third kappa shape index (κ3) is 3.84. The van der Waals surface area contributed by atoms with Crippen molar-refractivity contribution >= 4 is 11.6 Å². The molecule has 1 fully saturated rings. The Hall–Kier alpha value is -1.79. The van der Waals surface area contributed by atoms with Crippen LogP contribution in [-0.2, 0) is 4.74 Å². The van der Waals surface area contributed by atoms with Gasteiger partial charge in [0.25, 0.3) is 5.91 Å². The number of nitrogens with one attached hydrogen (secondary N) is 1. The minimum absolute atomic E-state index is 0.0936. The van der Waals surface area contributed by atoms with Crippen LogP contribution < -0.4 is 11.1 Å². The molecule has 1 amide bonds. The molecule has 1 aliphatic rings. The van der Waals surface area contributed by atoms with Crippen molar-refractivity contribution in [3.63, 3.8) is 0 Å². The summed E-state index contributed by atoms with van der Waals surface area (Å²) in [4.78, 5) is 14.1. The Bertz CT molecular complexity index is 445. The zero-order valence-electron chi connectivity index (χ0n) is 10.8. The molecule has 1 heterocycles. The zero-order chi connectivity index (χ0) is 13.7. The first-order chi connectivity index (χ1) is 9.16. The van der Waals surface area contributed by atoms with Gasteiger partial charge in [0.1, 0.15) is 5.75 Å². The second kappa shape index (κ2) is 6.40. The SMILES string of the molecule is Nc1ccc(C(=O)NCCN2CCOCC2)c(O)c1. The molecule has 6 heteroatoms. The molecular weight excluding hydrogens is 246 g/mol. The topological polar surface area (TPSA) is 87.8 Å². The largest absolute Gasteiger partial charge is 0.507 e. The molecule has 0 spiro atoms. The fourth-order valence-electron chi connectivity index (χ4n) is 1.99. The van der Waals surface area contributed by atoms with Gasteiger partial charge in [-0.1, -0.05) is 0 Å². The lowest BCUT2D eigenvalue weighted by molar-refractivity contribution is 0.0383. The van der Waals surface area contributed by atoms with Crippen molar-refractivity contribution in [2.75, 3.05) is 45.1 Å². The van der Waals surface area contributed by atoms with Crippen molar-refractivity contribution in [2.45, 2.75) is 0 Å². The Kier molecular flexibility index (Phi) is 4.59. The molecular formula is C13H19N3O3. The Morgan fingerprint density at radius 2 is 2.16 bits per heavy atom. The highest BCUT2D eigenvalue weighted by Crippen LogP contribution is 2.19. The van der Waals surface area contributed by atoms with Crippen molar-refractivity contribution in [3.05, 3.63) is 23.8 Å². The fourth-order valence-corrected chi connectivity index (χ4v) is 1.99. The predicted molar refractivity (Wildman–Crippen MR) is 72.1 cm³/mol. The summed E-state index contributed by atoms with van der Waals surface area (Å²) < 4.78 is 5.25. The maximum absolute atomic E-state index is 11.9. The van der Waals surface area contributed by atoms with Gasteiger partial charge in [-0.2, -0.15) is 0 Å². The monoisotopic (exact) mass is 265 g/mol. The Morgan fingerprint density at radius 1 is 1.42 bits per heavy atom. The number of aromatic hydroxyl groups is 1. The summed E-state index contributed by atoms with van der Waals surface area (Å²) in [5.41, 5.74) is 6.19. The van der Waals surface area contributed by atoms with E-state index in [1.807, 2.05) is 0 Å². The van der Waals surface area contributed by atoms with Gasteiger partial charge in [0.15, 0.2) is 0 Å². The number of hydrogen-bond donors (Lipinski definition) is 3. The predicted octanol–water partition coefficient (Wildman–Crippen LogP) is 0.0364. The number of hydrogen-bond acceptors (Lipinski definition) is 5. The van der Waals surface area contributed by atoms with Gasteiger partial charge in [-0.25, -0.2) is 0 Å². The Balaban J connectivity index is 1.80. The summed E-state index contributed by atoms with van der Waals surface area (Å²) in [5, 5.41) is 12.4. The summed E-state index contributed by atoms with van der Waals surface area (Å²) >= 11 is 0. The van der Waals surface area contributed by atoms with Crippen LogP contribution in [0.4, 0.5) is 5.69 Å². The highest BCUT2D eigenvalue weighted by Gasteiger charge is 2.13. The lowest BCUT2D eigenvalue weighted by atomic mass is 10.1. The molecule has 1 saturated heterocycles. The summed E-state index contributed by atoms with van der Waals surface area (Å²) in [5.74, 6) is -0.380. The maximum Gasteiger partial charge on any atom is 0.255 e. The third-order valence-corrected chi connectivity index (χ3v) is 3.08. The zero-order valence-corrected chi connectivity index (χ0v) is 10.8. The minimum Gasteiger partial charge on any atom is -0.507 e. The van der Waals surface area contributed by atoms with Crippen LogP contribution in [0.1, 0.15) is 10.4 Å². The Labute approximate surface area is 112 Å². The lowest BCUT2D eigenvalue weighted by Gasteiger charge is -2.26. The molecule has 19 heavy (non-hydrogen) atoms. The van der Waals surface area contributed by atoms with Crippen molar-refractivity contribution in [1.82, 2.24) is 10.2 Å². The summed E-state index contributed by atoms with van der Waals surface area (Å²) in [6.07, 6.45) is 0.